The van der Waals surface area contributed by atoms with Gasteiger partial charge in [0.15, 0.2) is 0 Å². The fourth-order valence-electron chi connectivity index (χ4n) is 3.77. The number of pyridine rings is 1. The highest BCUT2D eigenvalue weighted by Crippen LogP contribution is 2.26. The Kier molecular flexibility index (Phi) is 6.02. The zero-order valence-electron chi connectivity index (χ0n) is 18.5. The maximum atomic E-state index is 4.70. The van der Waals surface area contributed by atoms with Gasteiger partial charge >= 0.3 is 0 Å². The number of benzene rings is 1. The molecule has 3 N–H and O–H groups in total. The molecule has 0 amide bonds. The summed E-state index contributed by atoms with van der Waals surface area (Å²) in [6.45, 7) is 5.87. The predicted molar refractivity (Wildman–Crippen MR) is 129 cm³/mol. The molecule has 1 aromatic carbocycles. The van der Waals surface area contributed by atoms with Gasteiger partial charge in [0.1, 0.15) is 23.0 Å². The number of hydrogen-bond acceptors (Lipinski definition) is 4. The largest absolute Gasteiger partial charge is 0.372 e. The molecule has 1 aliphatic heterocycles. The minimum atomic E-state index is 0.771. The van der Waals surface area contributed by atoms with Crippen molar-refractivity contribution in [1.29, 1.82) is 0 Å². The van der Waals surface area contributed by atoms with Crippen LogP contribution in [0.5, 0.6) is 0 Å². The minimum absolute atomic E-state index is 0.771. The van der Waals surface area contributed by atoms with Crippen LogP contribution in [0.1, 0.15) is 31.5 Å². The summed E-state index contributed by atoms with van der Waals surface area (Å²) in [6.07, 6.45) is 5.10. The van der Waals surface area contributed by atoms with E-state index in [1.165, 1.54) is 5.39 Å². The number of aliphatic imine (C=N–C) groups is 2. The monoisotopic (exact) mass is 415 g/mol. The molecule has 160 valence electrons. The third kappa shape index (κ3) is 4.03. The first kappa shape index (κ1) is 20.7. The highest BCUT2D eigenvalue weighted by Gasteiger charge is 2.11. The van der Waals surface area contributed by atoms with Gasteiger partial charge in [-0.3, -0.25) is 9.98 Å². The van der Waals surface area contributed by atoms with E-state index in [0.29, 0.717) is 0 Å². The average Bonchev–Trinajstić information content (AvgIpc) is 3.45. The van der Waals surface area contributed by atoms with Crippen LogP contribution < -0.4 is 10.6 Å². The Labute approximate surface area is 182 Å². The maximum absolute atomic E-state index is 4.70. The third-order valence-electron chi connectivity index (χ3n) is 5.27. The van der Waals surface area contributed by atoms with E-state index in [1.807, 2.05) is 37.7 Å². The van der Waals surface area contributed by atoms with Crippen molar-refractivity contribution in [3.63, 3.8) is 0 Å². The zero-order valence-corrected chi connectivity index (χ0v) is 18.5. The van der Waals surface area contributed by atoms with E-state index >= 15 is 0 Å². The lowest BCUT2D eigenvalue weighted by molar-refractivity contribution is 0.742. The number of rotatable bonds is 3. The summed E-state index contributed by atoms with van der Waals surface area (Å²) >= 11 is 0. The molecular formula is C24H29N7. The van der Waals surface area contributed by atoms with E-state index in [-0.39, 0.29) is 0 Å². The van der Waals surface area contributed by atoms with Gasteiger partial charge in [-0.2, -0.15) is 0 Å². The van der Waals surface area contributed by atoms with E-state index in [9.17, 15) is 0 Å². The van der Waals surface area contributed by atoms with Crippen LogP contribution in [0.15, 0.2) is 58.8 Å². The second kappa shape index (κ2) is 9.04. The quantitative estimate of drug-likeness (QED) is 0.351. The molecule has 0 spiro atoms. The first-order valence-corrected chi connectivity index (χ1v) is 10.8. The van der Waals surface area contributed by atoms with Gasteiger partial charge in [0.05, 0.1) is 0 Å². The minimum Gasteiger partial charge on any atom is -0.372 e. The lowest BCUT2D eigenvalue weighted by Crippen LogP contribution is -2.30. The fourth-order valence-corrected chi connectivity index (χ4v) is 3.77. The van der Waals surface area contributed by atoms with Crippen molar-refractivity contribution in [1.82, 2.24) is 25.0 Å². The topological polar surface area (TPSA) is 81.9 Å². The van der Waals surface area contributed by atoms with E-state index in [2.05, 4.69) is 62.0 Å². The van der Waals surface area contributed by atoms with Gasteiger partial charge in [0.25, 0.3) is 0 Å². The molecule has 0 fully saturated rings. The Balaban J connectivity index is 0.00000112. The molecule has 7 heteroatoms. The Hall–Kier alpha value is -3.61. The Morgan fingerprint density at radius 2 is 2.00 bits per heavy atom. The molecule has 0 saturated heterocycles. The van der Waals surface area contributed by atoms with Gasteiger partial charge in [0.2, 0.25) is 0 Å². The summed E-state index contributed by atoms with van der Waals surface area (Å²) in [5, 5.41) is 7.65. The molecular weight excluding hydrogens is 386 g/mol. The number of nitrogens with one attached hydrogen (secondary N) is 3. The van der Waals surface area contributed by atoms with Crippen LogP contribution in [0.3, 0.4) is 0 Å². The number of imidazole rings is 1. The van der Waals surface area contributed by atoms with Crippen LogP contribution in [-0.4, -0.2) is 53.2 Å². The Morgan fingerprint density at radius 3 is 2.74 bits per heavy atom. The van der Waals surface area contributed by atoms with Crippen LogP contribution in [0, 0.1) is 0 Å². The summed E-state index contributed by atoms with van der Waals surface area (Å²) in [7, 11) is 3.61. The highest BCUT2D eigenvalue weighted by molar-refractivity contribution is 6.02. The molecule has 0 atom stereocenters. The van der Waals surface area contributed by atoms with Crippen LogP contribution >= 0.6 is 0 Å². The molecule has 0 saturated carbocycles. The second-order valence-electron chi connectivity index (χ2n) is 7.12. The fraction of sp³-hybridized carbons (Fsp3) is 0.292. The standard InChI is InChI=1S/C22H23N7.C2H6/c1-23-22(24-2)19-13-29-9-6-15(12-20(29)28-19)17-10-14-4-5-16(11-18(14)27-17)21-25-7-3-8-26-21;1-2/h4-6,9-13,27H,3,7-8H2,1-2H3,(H,23,24)(H,25,26);1-2H3. The predicted octanol–water partition coefficient (Wildman–Crippen LogP) is 3.84. The van der Waals surface area contributed by atoms with Crippen molar-refractivity contribution >= 4 is 28.2 Å². The smallest absolute Gasteiger partial charge is 0.148 e. The molecule has 1 aliphatic rings. The number of nitrogens with zero attached hydrogens (tertiary/aromatic N) is 4. The van der Waals surface area contributed by atoms with Crippen molar-refractivity contribution in [2.45, 2.75) is 20.3 Å². The molecule has 4 heterocycles. The molecule has 0 aliphatic carbocycles. The lowest BCUT2D eigenvalue weighted by atomic mass is 10.1. The van der Waals surface area contributed by atoms with E-state index in [4.69, 9.17) is 4.98 Å². The average molecular weight is 416 g/mol. The molecule has 3 aromatic heterocycles. The molecule has 7 nitrogen and oxygen atoms in total. The zero-order chi connectivity index (χ0) is 21.8. The van der Waals surface area contributed by atoms with Crippen molar-refractivity contribution in [3.05, 3.63) is 60.0 Å². The summed E-state index contributed by atoms with van der Waals surface area (Å²) < 4.78 is 2.01. The molecule has 31 heavy (non-hydrogen) atoms. The summed E-state index contributed by atoms with van der Waals surface area (Å²) in [5.74, 6) is 1.76. The van der Waals surface area contributed by atoms with Gasteiger partial charge in [-0.15, -0.1) is 0 Å². The van der Waals surface area contributed by atoms with Gasteiger partial charge < -0.3 is 20.0 Å². The van der Waals surface area contributed by atoms with E-state index in [0.717, 1.165) is 64.9 Å². The molecule has 5 rings (SSSR count). The van der Waals surface area contributed by atoms with E-state index < -0.39 is 0 Å². The van der Waals surface area contributed by atoms with Crippen LogP contribution in [0.25, 0.3) is 27.8 Å². The van der Waals surface area contributed by atoms with Gasteiger partial charge in [-0.05, 0) is 30.7 Å². The maximum Gasteiger partial charge on any atom is 0.148 e. The van der Waals surface area contributed by atoms with Crippen LogP contribution in [-0.2, 0) is 0 Å². The second-order valence-corrected chi connectivity index (χ2v) is 7.12. The molecule has 0 unspecified atom stereocenters. The summed E-state index contributed by atoms with van der Waals surface area (Å²) in [6, 6.07) is 12.8. The van der Waals surface area contributed by atoms with Gasteiger partial charge in [-0.1, -0.05) is 26.0 Å². The number of H-pyrrole nitrogens is 1. The number of amidine groups is 2. The molecule has 0 bridgehead atoms. The Morgan fingerprint density at radius 1 is 1.13 bits per heavy atom. The number of fused-ring (bicyclic) bond motifs is 2. The van der Waals surface area contributed by atoms with Gasteiger partial charge in [0, 0.05) is 67.3 Å². The van der Waals surface area contributed by atoms with Crippen molar-refractivity contribution < 1.29 is 0 Å². The third-order valence-corrected chi connectivity index (χ3v) is 5.27. The van der Waals surface area contributed by atoms with Gasteiger partial charge in [-0.25, -0.2) is 4.98 Å². The summed E-state index contributed by atoms with van der Waals surface area (Å²) in [4.78, 5) is 17.1. The molecule has 4 aromatic rings. The van der Waals surface area contributed by atoms with Crippen molar-refractivity contribution in [2.75, 3.05) is 27.2 Å². The van der Waals surface area contributed by atoms with Crippen LogP contribution in [0.2, 0.25) is 0 Å². The number of aromatic amines is 1. The first-order chi connectivity index (χ1) is 15.2. The van der Waals surface area contributed by atoms with E-state index in [1.54, 1.807) is 7.05 Å². The van der Waals surface area contributed by atoms with Crippen molar-refractivity contribution in [2.24, 2.45) is 9.98 Å². The lowest BCUT2D eigenvalue weighted by Gasteiger charge is -2.14. The molecule has 0 radical (unpaired) electrons. The summed E-state index contributed by atoms with van der Waals surface area (Å²) in [5.41, 5.74) is 6.10. The highest BCUT2D eigenvalue weighted by atomic mass is 15.1. The van der Waals surface area contributed by atoms with Crippen LogP contribution in [0.4, 0.5) is 0 Å². The number of hydrogen-bond donors (Lipinski definition) is 3. The number of aromatic nitrogens is 3. The van der Waals surface area contributed by atoms with Crippen molar-refractivity contribution in [3.8, 4) is 11.3 Å². The normalized spacial score (nSPS) is 14.1. The SMILES string of the molecule is CC.CN=C(NC)c1cn2ccc(-c3cc4ccc(C5=NCCCN5)cc4[nH]3)cc2n1. The Bertz CT molecular complexity index is 1260. The first-order valence-electron chi connectivity index (χ1n) is 10.8.